The number of fused-ring (bicyclic) bond motifs is 12. The molecule has 0 atom stereocenters. The van der Waals surface area contributed by atoms with E-state index in [2.05, 4.69) is 77.1 Å². The first kappa shape index (κ1) is 71.0. The van der Waals surface area contributed by atoms with Crippen molar-refractivity contribution in [3.8, 4) is 34.4 Å². The number of rotatable bonds is 9. The highest BCUT2D eigenvalue weighted by atomic mass is 16.6. The summed E-state index contributed by atoms with van der Waals surface area (Å²) in [4.78, 5) is 128. The van der Waals surface area contributed by atoms with Crippen LogP contribution in [0.15, 0.2) is 106 Å². The largest absolute Gasteiger partial charge is 0.476 e. The second kappa shape index (κ2) is 31.5. The zero-order valence-corrected chi connectivity index (χ0v) is 55.7. The molecule has 99 heavy (non-hydrogen) atoms. The van der Waals surface area contributed by atoms with Gasteiger partial charge in [0.2, 0.25) is 17.7 Å². The lowest BCUT2D eigenvalue weighted by Gasteiger charge is -2.27. The van der Waals surface area contributed by atoms with Gasteiger partial charge in [-0.15, -0.1) is 0 Å². The number of carbonyl (C=O) groups is 8. The number of unbranched alkanes of at least 4 members (excludes halogenated alkanes) is 1. The monoisotopic (exact) mass is 1360 g/mol. The van der Waals surface area contributed by atoms with E-state index in [9.17, 15) is 38.4 Å². The first-order valence-corrected chi connectivity index (χ1v) is 31.2. The number of nitrogen functional groups attached to an aromatic ring is 1. The second-order valence-electron chi connectivity index (χ2n) is 24.4. The molecular weight excluding hydrogens is 1290 g/mol. The fourth-order valence-corrected chi connectivity index (χ4v) is 9.48. The van der Waals surface area contributed by atoms with Crippen LogP contribution in [0.4, 0.5) is 44.1 Å². The Bertz CT molecular complexity index is 4390. The molecule has 0 aliphatic carbocycles. The number of aromatic carboxylic acids is 1. The van der Waals surface area contributed by atoms with E-state index in [0.717, 1.165) is 19.1 Å². The van der Waals surface area contributed by atoms with Crippen molar-refractivity contribution < 1.29 is 66.2 Å². The number of carboxylic acids is 1. The Hall–Kier alpha value is -12.3. The lowest BCUT2D eigenvalue weighted by atomic mass is 10.2. The summed E-state index contributed by atoms with van der Waals surface area (Å²) in [7, 11) is 5.01. The van der Waals surface area contributed by atoms with E-state index in [1.54, 1.807) is 112 Å². The van der Waals surface area contributed by atoms with Crippen LogP contribution >= 0.6 is 0 Å². The predicted molar refractivity (Wildman–Crippen MR) is 356 cm³/mol. The van der Waals surface area contributed by atoms with Gasteiger partial charge in [0.15, 0.2) is 34.2 Å². The number of hydrogen-bond donors (Lipinski definition) is 8. The number of hydrogen-bond acceptors (Lipinski definition) is 24. The quantitative estimate of drug-likeness (QED) is 0.0654. The number of pyridine rings is 3. The molecular formula is C64H75N21O14. The van der Waals surface area contributed by atoms with E-state index < -0.39 is 47.1 Å². The normalized spacial score (nSPS) is 13.6. The van der Waals surface area contributed by atoms with Crippen LogP contribution in [0.1, 0.15) is 143 Å². The molecule has 0 fully saturated rings. The first-order valence-electron chi connectivity index (χ1n) is 31.2. The zero-order valence-electron chi connectivity index (χ0n) is 55.7. The van der Waals surface area contributed by atoms with Crippen LogP contribution in [-0.4, -0.2) is 163 Å². The molecule has 7 amide bonds. The molecule has 11 rings (SSSR count). The molecule has 2 aliphatic rings. The van der Waals surface area contributed by atoms with Crippen LogP contribution in [-0.2, 0) is 30.6 Å². The number of nitrogens with two attached hydrogens (primary N) is 1. The van der Waals surface area contributed by atoms with Crippen LogP contribution in [0.2, 0.25) is 0 Å². The van der Waals surface area contributed by atoms with Gasteiger partial charge >= 0.3 is 18.2 Å². The minimum atomic E-state index is -1.22. The van der Waals surface area contributed by atoms with E-state index in [0.29, 0.717) is 104 Å². The minimum absolute atomic E-state index is 0.0156. The van der Waals surface area contributed by atoms with Gasteiger partial charge in [0.05, 0.1) is 17.1 Å². The Labute approximate surface area is 565 Å². The van der Waals surface area contributed by atoms with Gasteiger partial charge in [0.25, 0.3) is 29.5 Å². The fraction of sp³-hybridized carbons (Fsp3) is 0.359. The maximum Gasteiger partial charge on any atom is 0.416 e. The Morgan fingerprint density at radius 1 is 0.626 bits per heavy atom. The maximum absolute atomic E-state index is 13.0. The highest BCUT2D eigenvalue weighted by molar-refractivity contribution is 6.08. The van der Waals surface area contributed by atoms with Crippen molar-refractivity contribution in [3.63, 3.8) is 0 Å². The molecule has 35 heteroatoms. The number of carbonyl (C=O) groups excluding carboxylic acids is 7. The maximum atomic E-state index is 13.0. The van der Waals surface area contributed by atoms with Gasteiger partial charge in [0.1, 0.15) is 47.4 Å². The molecule has 0 aromatic carbocycles. The third kappa shape index (κ3) is 19.4. The highest BCUT2D eigenvalue weighted by Crippen LogP contribution is 2.29. The number of aromatic nitrogens is 12. The Balaban J connectivity index is 0.000000175. The van der Waals surface area contributed by atoms with Crippen LogP contribution in [0.5, 0.6) is 0 Å². The fourth-order valence-electron chi connectivity index (χ4n) is 9.48. The second-order valence-corrected chi connectivity index (χ2v) is 24.4. The number of amides is 7. The SMILES string of the molecule is Cn1cc(N)c(C(=O)NCCCCN(C(=O)OC(C)(C)C)c2cc(-c3nc(C(=O)O)co3)ccn2)n1.Cn1cc2c(n1)C(=O)NCCCCN(C(=O)OC(C)(C)C)c1cc(ccn1)-c1nc(co1)C(=O)N2.Cn1cc2c(n1)C(=O)NCCCCNc1cc(ccn1)-c1nc(co1)C(=O)N2. The molecule has 0 spiro atoms. The predicted octanol–water partition coefficient (Wildman–Crippen LogP) is 7.35. The van der Waals surface area contributed by atoms with Crippen molar-refractivity contribution >= 4 is 82.2 Å². The summed E-state index contributed by atoms with van der Waals surface area (Å²) in [6.45, 7) is 13.1. The lowest BCUT2D eigenvalue weighted by molar-refractivity contribution is 0.0567. The molecule has 9 N–H and O–H groups in total. The summed E-state index contributed by atoms with van der Waals surface area (Å²) < 4.78 is 31.7. The Kier molecular flexibility index (Phi) is 22.6. The summed E-state index contributed by atoms with van der Waals surface area (Å²) in [6, 6.07) is 10.0. The van der Waals surface area contributed by atoms with Crippen LogP contribution in [0, 0.1) is 0 Å². The number of nitrogens with one attached hydrogen (secondary N) is 6. The average Bonchev–Trinajstić information content (AvgIpc) is 1.65. The molecule has 0 saturated carbocycles. The smallest absolute Gasteiger partial charge is 0.416 e. The number of ether oxygens (including phenoxy) is 2. The van der Waals surface area contributed by atoms with Crippen molar-refractivity contribution in [2.75, 3.05) is 70.8 Å². The summed E-state index contributed by atoms with van der Waals surface area (Å²) in [6.07, 6.45) is 15.6. The molecule has 520 valence electrons. The van der Waals surface area contributed by atoms with Crippen molar-refractivity contribution in [2.45, 2.75) is 91.3 Å². The molecule has 9 aromatic heterocycles. The summed E-state index contributed by atoms with van der Waals surface area (Å²) in [5, 5.41) is 38.4. The third-order valence-electron chi connectivity index (χ3n) is 14.0. The van der Waals surface area contributed by atoms with E-state index in [1.807, 2.05) is 6.07 Å². The van der Waals surface area contributed by atoms with Crippen molar-refractivity contribution in [1.82, 2.24) is 75.2 Å². The van der Waals surface area contributed by atoms with Crippen LogP contribution < -0.4 is 47.4 Å². The van der Waals surface area contributed by atoms with Gasteiger partial charge < -0.3 is 65.5 Å². The van der Waals surface area contributed by atoms with E-state index in [1.165, 1.54) is 55.0 Å². The van der Waals surface area contributed by atoms with Crippen LogP contribution in [0.25, 0.3) is 34.4 Å². The Morgan fingerprint density at radius 3 is 1.72 bits per heavy atom. The van der Waals surface area contributed by atoms with E-state index >= 15 is 0 Å². The molecule has 35 nitrogen and oxygen atoms in total. The van der Waals surface area contributed by atoms with Gasteiger partial charge in [-0.1, -0.05) is 0 Å². The molecule has 2 aliphatic heterocycles. The van der Waals surface area contributed by atoms with Crippen LogP contribution in [0.3, 0.4) is 0 Å². The van der Waals surface area contributed by atoms with Gasteiger partial charge in [-0.3, -0.25) is 47.8 Å². The number of oxazole rings is 3. The minimum Gasteiger partial charge on any atom is -0.476 e. The lowest BCUT2D eigenvalue weighted by Crippen LogP contribution is -2.38. The van der Waals surface area contributed by atoms with E-state index in [4.69, 9.17) is 33.6 Å². The zero-order chi connectivity index (χ0) is 71.1. The molecule has 8 bridgehead atoms. The van der Waals surface area contributed by atoms with Gasteiger partial charge in [-0.25, -0.2) is 44.3 Å². The van der Waals surface area contributed by atoms with Crippen molar-refractivity contribution in [3.05, 3.63) is 127 Å². The summed E-state index contributed by atoms with van der Waals surface area (Å²) >= 11 is 0. The molecule has 0 unspecified atom stereocenters. The molecule has 9 aromatic rings. The summed E-state index contributed by atoms with van der Waals surface area (Å²) in [5.41, 5.74) is 7.17. The topological polar surface area (TPSA) is 450 Å². The number of carboxylic acid groups (broad SMARTS) is 1. The van der Waals surface area contributed by atoms with Crippen molar-refractivity contribution in [2.24, 2.45) is 21.1 Å². The number of aryl methyl sites for hydroxylation is 3. The van der Waals surface area contributed by atoms with Gasteiger partial charge in [-0.05, 0) is 116 Å². The number of anilines is 6. The molecule has 0 saturated heterocycles. The highest BCUT2D eigenvalue weighted by Gasteiger charge is 2.29. The number of nitrogens with zero attached hydrogens (tertiary/aromatic N) is 14. The standard InChI is InChI=1S/C23H29N7O6.C23H27N7O5.C18H19N7O3/c1-23(2,3)36-22(34)30(10-6-5-8-26-19(31)18-15(24)12-29(4)28-18)17-11-14(7-9-25-17)20-27-16(13-35-20)21(32)33;1-23(2,3)35-22(33)30-10-6-5-8-25-20(32)18-15(12-29(4)28-18)26-19(31)16-13-34-21(27-16)14-7-9-24-17(30)11-14;1-25-9-12-15(24-25)17(27)21-6-3-2-5-19-14-8-11(4-7-20-14)18-23-13(10-28-18)16(26)22-12/h7,9,11-13H,5-6,8,10,24H2,1-4H3,(H,26,31)(H,32,33);7,9,11-13H,5-6,8,10H2,1-4H3,(H,25,32)(H,26,31);4,7-10H,2-3,5-6H2,1H3,(H,19,20)(H,21,27)(H,22,26). The first-order chi connectivity index (χ1) is 47.1. The Morgan fingerprint density at radius 2 is 1.15 bits per heavy atom. The van der Waals surface area contributed by atoms with Gasteiger partial charge in [0, 0.05) is 114 Å². The van der Waals surface area contributed by atoms with Gasteiger partial charge in [-0.2, -0.15) is 15.3 Å². The molecule has 0 radical (unpaired) electrons. The van der Waals surface area contributed by atoms with Crippen molar-refractivity contribution in [1.29, 1.82) is 0 Å². The summed E-state index contributed by atoms with van der Waals surface area (Å²) in [5.74, 6) is -1.53. The molecule has 11 heterocycles. The van der Waals surface area contributed by atoms with E-state index in [-0.39, 0.29) is 75.8 Å². The third-order valence-corrected chi connectivity index (χ3v) is 14.0. The average molecular weight is 1360 g/mol.